The van der Waals surface area contributed by atoms with Crippen LogP contribution in [0.4, 0.5) is 21.5 Å². The maximum absolute atomic E-state index is 13.7. The predicted molar refractivity (Wildman–Crippen MR) is 146 cm³/mol. The van der Waals surface area contributed by atoms with Gasteiger partial charge in [-0.05, 0) is 54.6 Å². The van der Waals surface area contributed by atoms with Crippen LogP contribution in [-0.2, 0) is 20.0 Å². The first-order valence-corrected chi connectivity index (χ1v) is 15.2. The molecule has 3 aromatic rings. The number of carbonyl (C=O) groups is 1. The molecule has 1 aliphatic rings. The van der Waals surface area contributed by atoms with Gasteiger partial charge in [0.05, 0.1) is 22.4 Å². The highest BCUT2D eigenvalue weighted by Gasteiger charge is 2.29. The molecule has 13 heteroatoms. The Hall–Kier alpha value is -3.19. The van der Waals surface area contributed by atoms with Crippen LogP contribution in [0, 0.1) is 5.82 Å². The Morgan fingerprint density at radius 1 is 0.947 bits per heavy atom. The molecule has 1 heterocycles. The second kappa shape index (κ2) is 10.9. The molecule has 0 radical (unpaired) electrons. The van der Waals surface area contributed by atoms with E-state index in [1.807, 2.05) is 4.90 Å². The zero-order valence-electron chi connectivity index (χ0n) is 20.6. The molecule has 0 unspecified atom stereocenters. The number of nitrogens with one attached hydrogen (secondary N) is 1. The lowest BCUT2D eigenvalue weighted by Crippen LogP contribution is -2.48. The van der Waals surface area contributed by atoms with Crippen LogP contribution >= 0.6 is 11.6 Å². The van der Waals surface area contributed by atoms with Gasteiger partial charge in [0.15, 0.2) is 0 Å². The summed E-state index contributed by atoms with van der Waals surface area (Å²) < 4.78 is 66.4. The number of para-hydroxylation sites is 1. The third kappa shape index (κ3) is 6.09. The van der Waals surface area contributed by atoms with Crippen LogP contribution in [0.2, 0.25) is 5.02 Å². The van der Waals surface area contributed by atoms with Crippen molar-refractivity contribution < 1.29 is 26.0 Å². The molecule has 0 aliphatic carbocycles. The molecular formula is C25H26ClFN4O5S2. The fraction of sp³-hybridized carbons (Fsp3) is 0.240. The van der Waals surface area contributed by atoms with Crippen LogP contribution in [-0.4, -0.2) is 66.5 Å². The summed E-state index contributed by atoms with van der Waals surface area (Å²) in [5.74, 6) is -0.999. The lowest BCUT2D eigenvalue weighted by molar-refractivity contribution is 0.102. The van der Waals surface area contributed by atoms with Crippen LogP contribution in [0.25, 0.3) is 0 Å². The van der Waals surface area contributed by atoms with Crippen molar-refractivity contribution in [2.75, 3.05) is 54.0 Å². The summed E-state index contributed by atoms with van der Waals surface area (Å²) in [6.45, 7) is 1.15. The lowest BCUT2D eigenvalue weighted by Gasteiger charge is -2.35. The average Bonchev–Trinajstić information content (AvgIpc) is 2.87. The Labute approximate surface area is 226 Å². The molecular weight excluding hydrogens is 555 g/mol. The summed E-state index contributed by atoms with van der Waals surface area (Å²) in [6, 6.07) is 16.2. The summed E-state index contributed by atoms with van der Waals surface area (Å²) in [5.41, 5.74) is 1.30. The van der Waals surface area contributed by atoms with E-state index in [2.05, 4.69) is 5.32 Å². The molecule has 202 valence electrons. The normalized spacial score (nSPS) is 14.8. The van der Waals surface area contributed by atoms with Gasteiger partial charge in [-0.25, -0.2) is 21.2 Å². The Bertz CT molecular complexity index is 1540. The van der Waals surface area contributed by atoms with Crippen molar-refractivity contribution in [2.24, 2.45) is 0 Å². The zero-order chi connectivity index (χ0) is 27.7. The van der Waals surface area contributed by atoms with Crippen LogP contribution in [0.1, 0.15) is 10.4 Å². The SMILES string of the molecule is CN(c1ccccc1C(=O)Nc1ccc(S(=O)(=O)N2CCN(c3cc(F)cc(Cl)c3)CC2)cc1)S(C)(=O)=O. The van der Waals surface area contributed by atoms with Gasteiger partial charge in [0, 0.05) is 49.6 Å². The van der Waals surface area contributed by atoms with Gasteiger partial charge in [0.25, 0.3) is 5.91 Å². The predicted octanol–water partition coefficient (Wildman–Crippen LogP) is 3.64. The van der Waals surface area contributed by atoms with Gasteiger partial charge in [0.2, 0.25) is 20.0 Å². The number of piperazine rings is 1. The number of carbonyl (C=O) groups excluding carboxylic acids is 1. The van der Waals surface area contributed by atoms with E-state index < -0.39 is 31.8 Å². The smallest absolute Gasteiger partial charge is 0.257 e. The molecule has 1 saturated heterocycles. The Kier molecular flexibility index (Phi) is 7.98. The van der Waals surface area contributed by atoms with Crippen LogP contribution < -0.4 is 14.5 Å². The minimum absolute atomic E-state index is 0.0648. The van der Waals surface area contributed by atoms with Crippen molar-refractivity contribution in [1.29, 1.82) is 0 Å². The summed E-state index contributed by atoms with van der Waals surface area (Å²) in [6.07, 6.45) is 1.04. The van der Waals surface area contributed by atoms with Gasteiger partial charge < -0.3 is 10.2 Å². The van der Waals surface area contributed by atoms with Crippen LogP contribution in [0.3, 0.4) is 0 Å². The fourth-order valence-electron chi connectivity index (χ4n) is 4.09. The van der Waals surface area contributed by atoms with Gasteiger partial charge in [0.1, 0.15) is 5.82 Å². The maximum atomic E-state index is 13.7. The third-order valence-electron chi connectivity index (χ3n) is 6.19. The number of amides is 1. The average molecular weight is 581 g/mol. The summed E-state index contributed by atoms with van der Waals surface area (Å²) in [4.78, 5) is 14.8. The molecule has 1 N–H and O–H groups in total. The maximum Gasteiger partial charge on any atom is 0.257 e. The van der Waals surface area contributed by atoms with Crippen molar-refractivity contribution >= 4 is 54.6 Å². The van der Waals surface area contributed by atoms with Gasteiger partial charge in [-0.15, -0.1) is 0 Å². The molecule has 0 spiro atoms. The van der Waals surface area contributed by atoms with E-state index in [0.717, 1.165) is 10.6 Å². The van der Waals surface area contributed by atoms with Crippen molar-refractivity contribution in [3.05, 3.63) is 83.1 Å². The zero-order valence-corrected chi connectivity index (χ0v) is 23.0. The molecule has 4 rings (SSSR count). The first kappa shape index (κ1) is 27.8. The number of hydrogen-bond donors (Lipinski definition) is 1. The van der Waals surface area contributed by atoms with Crippen molar-refractivity contribution in [3.63, 3.8) is 0 Å². The molecule has 9 nitrogen and oxygen atoms in total. The van der Waals surface area contributed by atoms with E-state index in [4.69, 9.17) is 11.6 Å². The number of anilines is 3. The highest BCUT2D eigenvalue weighted by atomic mass is 35.5. The number of nitrogens with zero attached hydrogens (tertiary/aromatic N) is 3. The number of sulfonamides is 2. The van der Waals surface area contributed by atoms with Crippen molar-refractivity contribution in [2.45, 2.75) is 4.90 Å². The quantitative estimate of drug-likeness (QED) is 0.457. The summed E-state index contributed by atoms with van der Waals surface area (Å²) in [7, 11) is -6.02. The number of benzene rings is 3. The van der Waals surface area contributed by atoms with E-state index in [1.54, 1.807) is 18.2 Å². The molecule has 0 saturated carbocycles. The number of rotatable bonds is 7. The van der Waals surface area contributed by atoms with Crippen LogP contribution in [0.15, 0.2) is 71.6 Å². The molecule has 0 bridgehead atoms. The molecule has 1 amide bonds. The first-order chi connectivity index (χ1) is 17.9. The summed E-state index contributed by atoms with van der Waals surface area (Å²) >= 11 is 5.94. The minimum Gasteiger partial charge on any atom is -0.369 e. The number of halogens is 2. The topological polar surface area (TPSA) is 107 Å². The minimum atomic E-state index is -3.80. The van der Waals surface area contributed by atoms with Gasteiger partial charge in [-0.3, -0.25) is 9.10 Å². The van der Waals surface area contributed by atoms with E-state index in [9.17, 15) is 26.0 Å². The molecule has 38 heavy (non-hydrogen) atoms. The van der Waals surface area contributed by atoms with Gasteiger partial charge >= 0.3 is 0 Å². The Morgan fingerprint density at radius 2 is 1.58 bits per heavy atom. The van der Waals surface area contributed by atoms with Gasteiger partial charge in [-0.2, -0.15) is 4.31 Å². The van der Waals surface area contributed by atoms with Crippen molar-refractivity contribution in [1.82, 2.24) is 4.31 Å². The van der Waals surface area contributed by atoms with E-state index in [-0.39, 0.29) is 34.3 Å². The largest absolute Gasteiger partial charge is 0.369 e. The summed E-state index contributed by atoms with van der Waals surface area (Å²) in [5, 5.41) is 2.95. The first-order valence-electron chi connectivity index (χ1n) is 11.5. The van der Waals surface area contributed by atoms with E-state index >= 15 is 0 Å². The molecule has 1 fully saturated rings. The fourth-order valence-corrected chi connectivity index (χ4v) is 6.24. The molecule has 3 aromatic carbocycles. The van der Waals surface area contributed by atoms with Gasteiger partial charge in [-0.1, -0.05) is 23.7 Å². The second-order valence-corrected chi connectivity index (χ2v) is 13.1. The van der Waals surface area contributed by atoms with Crippen LogP contribution in [0.5, 0.6) is 0 Å². The Morgan fingerprint density at radius 3 is 2.18 bits per heavy atom. The second-order valence-electron chi connectivity index (χ2n) is 8.74. The highest BCUT2D eigenvalue weighted by molar-refractivity contribution is 7.92. The molecule has 0 aromatic heterocycles. The highest BCUT2D eigenvalue weighted by Crippen LogP contribution is 2.26. The lowest BCUT2D eigenvalue weighted by atomic mass is 10.1. The molecule has 0 atom stereocenters. The number of hydrogen-bond acceptors (Lipinski definition) is 6. The standard InChI is InChI=1S/C25H26ClFN4O5S2/c1-29(37(2,33)34)24-6-4-3-5-23(24)25(32)28-20-7-9-22(10-8-20)38(35,36)31-13-11-30(12-14-31)21-16-18(26)15-19(27)17-21/h3-10,15-17H,11-14H2,1-2H3,(H,28,32). The third-order valence-corrected chi connectivity index (χ3v) is 9.51. The van der Waals surface area contributed by atoms with E-state index in [0.29, 0.717) is 24.5 Å². The van der Waals surface area contributed by atoms with E-state index in [1.165, 1.54) is 59.9 Å². The van der Waals surface area contributed by atoms with Crippen molar-refractivity contribution in [3.8, 4) is 0 Å². The molecule has 1 aliphatic heterocycles. The monoisotopic (exact) mass is 580 g/mol. The Balaban J connectivity index is 1.44.